The van der Waals surface area contributed by atoms with Crippen molar-refractivity contribution in [3.8, 4) is 0 Å². The van der Waals surface area contributed by atoms with Crippen LogP contribution in [0.15, 0.2) is 36.4 Å². The summed E-state index contributed by atoms with van der Waals surface area (Å²) in [6.45, 7) is -0.257. The Morgan fingerprint density at radius 2 is 1.34 bits per heavy atom. The van der Waals surface area contributed by atoms with Crippen LogP contribution >= 0.6 is 0 Å². The molecule has 29 heavy (non-hydrogen) atoms. The Morgan fingerprint density at radius 1 is 0.793 bits per heavy atom. The van der Waals surface area contributed by atoms with Gasteiger partial charge in [0.25, 0.3) is 0 Å². The second-order valence-corrected chi connectivity index (χ2v) is 9.10. The molecule has 0 amide bonds. The molecule has 2 aliphatic carbocycles. The minimum atomic E-state index is -4.25. The largest absolute Gasteiger partial charge is 0.416 e. The predicted octanol–water partition coefficient (Wildman–Crippen LogP) is 8.48. The highest BCUT2D eigenvalue weighted by Crippen LogP contribution is 2.40. The van der Waals surface area contributed by atoms with Gasteiger partial charge in [-0.1, -0.05) is 37.1 Å². The number of hydrogen-bond donors (Lipinski definition) is 0. The fourth-order valence-corrected chi connectivity index (χ4v) is 5.22. The molecule has 4 heteroatoms. The first-order chi connectivity index (χ1) is 14.0. The number of hydrogen-bond acceptors (Lipinski definition) is 0. The van der Waals surface area contributed by atoms with Crippen molar-refractivity contribution in [3.05, 3.63) is 47.5 Å². The molecule has 0 spiro atoms. The Bertz CT molecular complexity index is 615. The quantitative estimate of drug-likeness (QED) is 0.312. The van der Waals surface area contributed by atoms with E-state index in [-0.39, 0.29) is 6.67 Å². The summed E-state index contributed by atoms with van der Waals surface area (Å²) < 4.78 is 50.4. The summed E-state index contributed by atoms with van der Waals surface area (Å²) >= 11 is 0. The third-order valence-electron chi connectivity index (χ3n) is 7.11. The van der Waals surface area contributed by atoms with Crippen molar-refractivity contribution in [2.75, 3.05) is 6.67 Å². The molecule has 0 atom stereocenters. The van der Waals surface area contributed by atoms with E-state index < -0.39 is 11.7 Å². The maximum absolute atomic E-state index is 12.7. The van der Waals surface area contributed by atoms with E-state index in [1.807, 2.05) is 6.08 Å². The summed E-state index contributed by atoms with van der Waals surface area (Å²) in [5.74, 6) is 2.69. The third kappa shape index (κ3) is 6.86. The SMILES string of the molecule is FCC/C=C/[C@H]1CC[C@H](CCC2CCC(c3ccc(C(F)(F)F)cc3)CC2)CC1. The Labute approximate surface area is 172 Å². The van der Waals surface area contributed by atoms with Crippen LogP contribution in [0, 0.1) is 17.8 Å². The highest BCUT2D eigenvalue weighted by molar-refractivity contribution is 5.27. The van der Waals surface area contributed by atoms with E-state index in [1.165, 1.54) is 63.5 Å². The first kappa shape index (κ1) is 22.4. The second kappa shape index (κ2) is 10.6. The number of alkyl halides is 4. The first-order valence-electron chi connectivity index (χ1n) is 11.4. The average Bonchev–Trinajstić information content (AvgIpc) is 2.73. The van der Waals surface area contributed by atoms with Crippen LogP contribution in [-0.2, 0) is 6.18 Å². The van der Waals surface area contributed by atoms with Gasteiger partial charge in [-0.25, -0.2) is 0 Å². The molecular formula is C25H34F4. The number of benzene rings is 1. The zero-order valence-corrected chi connectivity index (χ0v) is 17.3. The molecule has 162 valence electrons. The molecule has 0 nitrogen and oxygen atoms in total. The zero-order chi connectivity index (χ0) is 20.7. The van der Waals surface area contributed by atoms with Crippen LogP contribution < -0.4 is 0 Å². The highest BCUT2D eigenvalue weighted by Gasteiger charge is 2.31. The molecule has 0 bridgehead atoms. The lowest BCUT2D eigenvalue weighted by Crippen LogP contribution is -2.17. The molecule has 0 aliphatic heterocycles. The number of rotatable bonds is 7. The fourth-order valence-electron chi connectivity index (χ4n) is 5.22. The van der Waals surface area contributed by atoms with E-state index in [9.17, 15) is 17.6 Å². The fraction of sp³-hybridized carbons (Fsp3) is 0.680. The maximum Gasteiger partial charge on any atom is 0.416 e. The van der Waals surface area contributed by atoms with E-state index in [2.05, 4.69) is 6.08 Å². The Kier molecular flexibility index (Phi) is 8.20. The maximum atomic E-state index is 12.7. The minimum absolute atomic E-state index is 0.257. The van der Waals surface area contributed by atoms with Crippen molar-refractivity contribution in [1.82, 2.24) is 0 Å². The van der Waals surface area contributed by atoms with Crippen LogP contribution in [0.5, 0.6) is 0 Å². The Morgan fingerprint density at radius 3 is 1.86 bits per heavy atom. The summed E-state index contributed by atoms with van der Waals surface area (Å²) in [6.07, 6.45) is 12.8. The van der Waals surface area contributed by atoms with Gasteiger partial charge in [-0.05, 0) is 99.2 Å². The van der Waals surface area contributed by atoms with Crippen LogP contribution in [0.4, 0.5) is 17.6 Å². The van der Waals surface area contributed by atoms with Gasteiger partial charge in [0.1, 0.15) is 0 Å². The summed E-state index contributed by atoms with van der Waals surface area (Å²) in [6, 6.07) is 5.80. The van der Waals surface area contributed by atoms with Gasteiger partial charge in [0.05, 0.1) is 12.2 Å². The van der Waals surface area contributed by atoms with Gasteiger partial charge < -0.3 is 0 Å². The van der Waals surface area contributed by atoms with Gasteiger partial charge in [-0.15, -0.1) is 0 Å². The van der Waals surface area contributed by atoms with Crippen LogP contribution in [0.3, 0.4) is 0 Å². The molecule has 0 saturated heterocycles. The molecule has 0 N–H and O–H groups in total. The van der Waals surface area contributed by atoms with Crippen molar-refractivity contribution in [2.24, 2.45) is 17.8 Å². The van der Waals surface area contributed by atoms with Crippen molar-refractivity contribution in [2.45, 2.75) is 82.7 Å². The third-order valence-corrected chi connectivity index (χ3v) is 7.11. The van der Waals surface area contributed by atoms with Crippen molar-refractivity contribution in [1.29, 1.82) is 0 Å². The van der Waals surface area contributed by atoms with E-state index in [0.29, 0.717) is 18.3 Å². The monoisotopic (exact) mass is 410 g/mol. The minimum Gasteiger partial charge on any atom is -0.251 e. The van der Waals surface area contributed by atoms with Crippen LogP contribution in [0.1, 0.15) is 87.7 Å². The topological polar surface area (TPSA) is 0 Å². The van der Waals surface area contributed by atoms with Gasteiger partial charge in [0, 0.05) is 0 Å². The molecule has 3 rings (SSSR count). The van der Waals surface area contributed by atoms with Gasteiger partial charge in [-0.2, -0.15) is 13.2 Å². The van der Waals surface area contributed by atoms with Crippen molar-refractivity contribution < 1.29 is 17.6 Å². The summed E-state index contributed by atoms with van der Waals surface area (Å²) in [7, 11) is 0. The number of allylic oxidation sites excluding steroid dienone is 2. The van der Waals surface area contributed by atoms with E-state index in [0.717, 1.165) is 30.2 Å². The van der Waals surface area contributed by atoms with Gasteiger partial charge in [0.2, 0.25) is 0 Å². The van der Waals surface area contributed by atoms with Crippen molar-refractivity contribution >= 4 is 0 Å². The van der Waals surface area contributed by atoms with E-state index in [4.69, 9.17) is 0 Å². The Hall–Kier alpha value is -1.32. The molecular weight excluding hydrogens is 376 g/mol. The van der Waals surface area contributed by atoms with Crippen LogP contribution in [0.2, 0.25) is 0 Å². The average molecular weight is 411 g/mol. The molecule has 0 heterocycles. The van der Waals surface area contributed by atoms with E-state index in [1.54, 1.807) is 12.1 Å². The summed E-state index contributed by atoms with van der Waals surface area (Å²) in [4.78, 5) is 0. The summed E-state index contributed by atoms with van der Waals surface area (Å²) in [5.41, 5.74) is 0.512. The molecule has 0 aromatic heterocycles. The standard InChI is InChI=1S/C25H34F4/c26-18-2-1-3-19-4-6-20(7-5-19)8-9-21-10-12-22(13-11-21)23-14-16-24(17-15-23)25(27,28)29/h1,3,14-17,19-22H,2,4-13,18H2/b3-1+/t19-,20-,21?,22?. The normalized spacial score (nSPS) is 28.7. The lowest BCUT2D eigenvalue weighted by atomic mass is 9.74. The zero-order valence-electron chi connectivity index (χ0n) is 17.3. The van der Waals surface area contributed by atoms with Crippen molar-refractivity contribution in [3.63, 3.8) is 0 Å². The van der Waals surface area contributed by atoms with Gasteiger partial charge >= 0.3 is 6.18 Å². The first-order valence-corrected chi connectivity index (χ1v) is 11.4. The molecule has 2 fully saturated rings. The summed E-state index contributed by atoms with van der Waals surface area (Å²) in [5, 5.41) is 0. The number of halogens is 4. The second-order valence-electron chi connectivity index (χ2n) is 9.10. The van der Waals surface area contributed by atoms with Crippen LogP contribution in [-0.4, -0.2) is 6.67 Å². The van der Waals surface area contributed by atoms with E-state index >= 15 is 0 Å². The van der Waals surface area contributed by atoms with Crippen LogP contribution in [0.25, 0.3) is 0 Å². The molecule has 2 aliphatic rings. The smallest absolute Gasteiger partial charge is 0.251 e. The lowest BCUT2D eigenvalue weighted by Gasteiger charge is -2.31. The molecule has 2 saturated carbocycles. The lowest BCUT2D eigenvalue weighted by molar-refractivity contribution is -0.137. The predicted molar refractivity (Wildman–Crippen MR) is 111 cm³/mol. The Balaban J connectivity index is 1.35. The molecule has 0 unspecified atom stereocenters. The molecule has 0 radical (unpaired) electrons. The van der Waals surface area contributed by atoms with Gasteiger partial charge in [-0.3, -0.25) is 4.39 Å². The van der Waals surface area contributed by atoms with Gasteiger partial charge in [0.15, 0.2) is 0 Å². The highest BCUT2D eigenvalue weighted by atomic mass is 19.4. The molecule has 1 aromatic carbocycles. The molecule has 1 aromatic rings.